The van der Waals surface area contributed by atoms with E-state index in [0.717, 1.165) is 5.69 Å². The van der Waals surface area contributed by atoms with Crippen molar-refractivity contribution >= 4 is 15.7 Å². The van der Waals surface area contributed by atoms with Crippen molar-refractivity contribution in [2.24, 2.45) is 12.8 Å². The van der Waals surface area contributed by atoms with E-state index in [9.17, 15) is 8.42 Å². The number of nitrogens with zero attached hydrogens (tertiary/aromatic N) is 2. The lowest BCUT2D eigenvalue weighted by Gasteiger charge is -2.04. The van der Waals surface area contributed by atoms with Gasteiger partial charge in [-0.1, -0.05) is 0 Å². The molecular weight excluding hydrogens is 252 g/mol. The molecule has 0 saturated carbocycles. The standard InChI is InChI=1S/C11H14N4O2S/c1-15-8-11(5-10(15)6-12)18(16,17)14-9-3-2-4-13-7-9/h2-5,7-8,14H,6,12H2,1H3. The zero-order valence-electron chi connectivity index (χ0n) is 9.87. The molecule has 6 nitrogen and oxygen atoms in total. The van der Waals surface area contributed by atoms with Crippen LogP contribution in [0.5, 0.6) is 0 Å². The molecule has 0 spiro atoms. The molecule has 18 heavy (non-hydrogen) atoms. The van der Waals surface area contributed by atoms with Crippen LogP contribution < -0.4 is 10.5 Å². The van der Waals surface area contributed by atoms with Crippen LogP contribution in [-0.4, -0.2) is 18.0 Å². The Bertz CT molecular complexity index is 634. The predicted octanol–water partition coefficient (Wildman–Crippen LogP) is 0.680. The highest BCUT2D eigenvalue weighted by Gasteiger charge is 2.17. The number of hydrogen-bond donors (Lipinski definition) is 2. The molecule has 0 fully saturated rings. The van der Waals surface area contributed by atoms with Crippen LogP contribution in [0.4, 0.5) is 5.69 Å². The number of sulfonamides is 1. The van der Waals surface area contributed by atoms with Crippen LogP contribution >= 0.6 is 0 Å². The van der Waals surface area contributed by atoms with Gasteiger partial charge in [-0.05, 0) is 18.2 Å². The Balaban J connectivity index is 2.31. The lowest BCUT2D eigenvalue weighted by atomic mass is 10.4. The second kappa shape index (κ2) is 4.79. The molecule has 0 saturated heterocycles. The first-order valence-electron chi connectivity index (χ1n) is 5.31. The molecule has 96 valence electrons. The number of nitrogens with two attached hydrogens (primary N) is 1. The van der Waals surface area contributed by atoms with E-state index in [1.807, 2.05) is 0 Å². The smallest absolute Gasteiger partial charge is 0.263 e. The average molecular weight is 266 g/mol. The molecule has 0 aliphatic carbocycles. The van der Waals surface area contributed by atoms with E-state index < -0.39 is 10.0 Å². The average Bonchev–Trinajstić information content (AvgIpc) is 2.72. The molecule has 2 aromatic rings. The van der Waals surface area contributed by atoms with Crippen LogP contribution in [0.1, 0.15) is 5.69 Å². The van der Waals surface area contributed by atoms with Crippen molar-refractivity contribution in [1.82, 2.24) is 9.55 Å². The van der Waals surface area contributed by atoms with Gasteiger partial charge < -0.3 is 10.3 Å². The van der Waals surface area contributed by atoms with Crippen LogP contribution in [0.25, 0.3) is 0 Å². The van der Waals surface area contributed by atoms with Gasteiger partial charge in [0.05, 0.1) is 11.9 Å². The molecule has 0 aromatic carbocycles. The number of nitrogens with one attached hydrogen (secondary N) is 1. The first-order valence-corrected chi connectivity index (χ1v) is 6.79. The van der Waals surface area contributed by atoms with Crippen molar-refractivity contribution in [2.45, 2.75) is 11.4 Å². The van der Waals surface area contributed by atoms with Gasteiger partial charge in [-0.3, -0.25) is 9.71 Å². The Morgan fingerprint density at radius 1 is 1.50 bits per heavy atom. The zero-order chi connectivity index (χ0) is 13.2. The Hall–Kier alpha value is -1.86. The summed E-state index contributed by atoms with van der Waals surface area (Å²) in [4.78, 5) is 4.04. The maximum atomic E-state index is 12.1. The highest BCUT2D eigenvalue weighted by Crippen LogP contribution is 2.17. The fourth-order valence-corrected chi connectivity index (χ4v) is 2.70. The van der Waals surface area contributed by atoms with Crippen molar-refractivity contribution in [2.75, 3.05) is 4.72 Å². The summed E-state index contributed by atoms with van der Waals surface area (Å²) in [5.74, 6) is 0. The van der Waals surface area contributed by atoms with Crippen molar-refractivity contribution in [3.63, 3.8) is 0 Å². The van der Waals surface area contributed by atoms with E-state index in [1.54, 1.807) is 36.0 Å². The number of rotatable bonds is 4. The van der Waals surface area contributed by atoms with Gasteiger partial charge in [0, 0.05) is 31.7 Å². The van der Waals surface area contributed by atoms with E-state index in [4.69, 9.17) is 5.73 Å². The number of hydrogen-bond acceptors (Lipinski definition) is 4. The molecule has 0 aliphatic heterocycles. The third-order valence-corrected chi connectivity index (χ3v) is 3.86. The normalized spacial score (nSPS) is 11.4. The van der Waals surface area contributed by atoms with Gasteiger partial charge in [0.2, 0.25) is 0 Å². The van der Waals surface area contributed by atoms with Crippen LogP contribution in [0, 0.1) is 0 Å². The fourth-order valence-electron chi connectivity index (χ4n) is 1.56. The molecule has 0 atom stereocenters. The monoisotopic (exact) mass is 266 g/mol. The summed E-state index contributed by atoms with van der Waals surface area (Å²) in [5.41, 5.74) is 6.69. The molecule has 0 radical (unpaired) electrons. The lowest BCUT2D eigenvalue weighted by molar-refractivity contribution is 0.601. The Morgan fingerprint density at radius 3 is 2.83 bits per heavy atom. The predicted molar refractivity (Wildman–Crippen MR) is 68.3 cm³/mol. The van der Waals surface area contributed by atoms with Gasteiger partial charge >= 0.3 is 0 Å². The van der Waals surface area contributed by atoms with Gasteiger partial charge in [-0.2, -0.15) is 0 Å². The molecule has 2 heterocycles. The number of aryl methyl sites for hydroxylation is 1. The van der Waals surface area contributed by atoms with Crippen molar-refractivity contribution < 1.29 is 8.42 Å². The summed E-state index contributed by atoms with van der Waals surface area (Å²) >= 11 is 0. The summed E-state index contributed by atoms with van der Waals surface area (Å²) < 4.78 is 28.3. The summed E-state index contributed by atoms with van der Waals surface area (Å²) in [6, 6.07) is 4.85. The van der Waals surface area contributed by atoms with Crippen LogP contribution in [0.3, 0.4) is 0 Å². The molecule has 3 N–H and O–H groups in total. The second-order valence-electron chi connectivity index (χ2n) is 3.83. The minimum Gasteiger partial charge on any atom is -0.352 e. The van der Waals surface area contributed by atoms with Gasteiger partial charge in [0.25, 0.3) is 10.0 Å². The molecule has 7 heteroatoms. The van der Waals surface area contributed by atoms with Crippen molar-refractivity contribution in [1.29, 1.82) is 0 Å². The summed E-state index contributed by atoms with van der Waals surface area (Å²) in [7, 11) is -1.84. The maximum Gasteiger partial charge on any atom is 0.263 e. The zero-order valence-corrected chi connectivity index (χ0v) is 10.7. The van der Waals surface area contributed by atoms with Crippen molar-refractivity contribution in [3.8, 4) is 0 Å². The number of pyridine rings is 1. The van der Waals surface area contributed by atoms with Gasteiger partial charge in [-0.15, -0.1) is 0 Å². The van der Waals surface area contributed by atoms with E-state index in [2.05, 4.69) is 9.71 Å². The SMILES string of the molecule is Cn1cc(S(=O)(=O)Nc2cccnc2)cc1CN. The van der Waals surface area contributed by atoms with E-state index in [1.165, 1.54) is 12.4 Å². The minimum atomic E-state index is -3.59. The number of aromatic nitrogens is 2. The third kappa shape index (κ3) is 2.52. The summed E-state index contributed by atoms with van der Waals surface area (Å²) in [6.45, 7) is 0.291. The highest BCUT2D eigenvalue weighted by molar-refractivity contribution is 7.92. The second-order valence-corrected chi connectivity index (χ2v) is 5.51. The van der Waals surface area contributed by atoms with Crippen LogP contribution in [0.2, 0.25) is 0 Å². The summed E-state index contributed by atoms with van der Waals surface area (Å²) in [6.07, 6.45) is 4.55. The van der Waals surface area contributed by atoms with E-state index in [-0.39, 0.29) is 4.90 Å². The Kier molecular flexibility index (Phi) is 3.35. The van der Waals surface area contributed by atoms with Gasteiger partial charge in [-0.25, -0.2) is 8.42 Å². The Labute approximate surface area is 106 Å². The first kappa shape index (κ1) is 12.6. The highest BCUT2D eigenvalue weighted by atomic mass is 32.2. The molecule has 0 unspecified atom stereocenters. The molecule has 0 amide bonds. The van der Waals surface area contributed by atoms with E-state index in [0.29, 0.717) is 12.2 Å². The Morgan fingerprint density at radius 2 is 2.28 bits per heavy atom. The van der Waals surface area contributed by atoms with Crippen LogP contribution in [0.15, 0.2) is 41.7 Å². The van der Waals surface area contributed by atoms with E-state index >= 15 is 0 Å². The molecule has 2 aromatic heterocycles. The fraction of sp³-hybridized carbons (Fsp3) is 0.182. The quantitative estimate of drug-likeness (QED) is 0.851. The largest absolute Gasteiger partial charge is 0.352 e. The maximum absolute atomic E-state index is 12.1. The molecule has 0 aliphatic rings. The van der Waals surface area contributed by atoms with Crippen molar-refractivity contribution in [3.05, 3.63) is 42.5 Å². The number of anilines is 1. The minimum absolute atomic E-state index is 0.189. The first-order chi connectivity index (χ1) is 8.53. The topological polar surface area (TPSA) is 90.0 Å². The van der Waals surface area contributed by atoms with Crippen LogP contribution in [-0.2, 0) is 23.6 Å². The molecule has 0 bridgehead atoms. The summed E-state index contributed by atoms with van der Waals surface area (Å²) in [5, 5.41) is 0. The third-order valence-electron chi connectivity index (χ3n) is 2.52. The molecular formula is C11H14N4O2S. The molecule has 2 rings (SSSR count). The van der Waals surface area contributed by atoms with Gasteiger partial charge in [0.15, 0.2) is 0 Å². The van der Waals surface area contributed by atoms with Gasteiger partial charge in [0.1, 0.15) is 4.90 Å². The lowest BCUT2D eigenvalue weighted by Crippen LogP contribution is -2.12.